The third-order valence-electron chi connectivity index (χ3n) is 1.96. The summed E-state index contributed by atoms with van der Waals surface area (Å²) in [7, 11) is 0. The van der Waals surface area contributed by atoms with Gasteiger partial charge in [0.05, 0.1) is 23.6 Å². The number of hydrogen-bond donors (Lipinski definition) is 1. The van der Waals surface area contributed by atoms with E-state index >= 15 is 0 Å². The van der Waals surface area contributed by atoms with Gasteiger partial charge >= 0.3 is 6.18 Å². The predicted molar refractivity (Wildman–Crippen MR) is 47.1 cm³/mol. The molecule has 3 nitrogen and oxygen atoms in total. The molecule has 0 saturated carbocycles. The quantitative estimate of drug-likeness (QED) is 0.799. The zero-order valence-corrected chi connectivity index (χ0v) is 7.84. The lowest BCUT2D eigenvalue weighted by Crippen LogP contribution is -2.10. The molecule has 16 heavy (non-hydrogen) atoms. The predicted octanol–water partition coefficient (Wildman–Crippen LogP) is 2.35. The van der Waals surface area contributed by atoms with Crippen molar-refractivity contribution >= 4 is 0 Å². The van der Waals surface area contributed by atoms with E-state index in [4.69, 9.17) is 10.5 Å². The Bertz CT molecular complexity index is 495. The van der Waals surface area contributed by atoms with Crippen LogP contribution in [0, 0.1) is 22.7 Å². The topological polar surface area (TPSA) is 67.8 Å². The van der Waals surface area contributed by atoms with Crippen LogP contribution >= 0.6 is 0 Å². The summed E-state index contributed by atoms with van der Waals surface area (Å²) in [6.07, 6.45) is -5.22. The third-order valence-corrected chi connectivity index (χ3v) is 1.96. The van der Waals surface area contributed by atoms with E-state index in [0.29, 0.717) is 6.07 Å². The molecule has 0 aliphatic rings. The monoisotopic (exact) mass is 226 g/mol. The number of aromatic hydroxyl groups is 1. The summed E-state index contributed by atoms with van der Waals surface area (Å²) in [5.41, 5.74) is -2.06. The molecule has 0 fully saturated rings. The number of phenols is 1. The molecule has 1 aromatic rings. The number of nitriles is 2. The first kappa shape index (κ1) is 11.9. The summed E-state index contributed by atoms with van der Waals surface area (Å²) in [4.78, 5) is 0. The molecule has 0 aliphatic heterocycles. The van der Waals surface area contributed by atoms with Crippen LogP contribution in [0.5, 0.6) is 5.75 Å². The second kappa shape index (κ2) is 4.11. The van der Waals surface area contributed by atoms with Gasteiger partial charge in [-0.25, -0.2) is 0 Å². The Kier molecular flexibility index (Phi) is 3.05. The minimum atomic E-state index is -4.65. The molecule has 6 heteroatoms. The van der Waals surface area contributed by atoms with E-state index in [2.05, 4.69) is 0 Å². The molecule has 1 rings (SSSR count). The molecule has 1 N–H and O–H groups in total. The Balaban J connectivity index is 3.54. The molecule has 0 heterocycles. The summed E-state index contributed by atoms with van der Waals surface area (Å²) < 4.78 is 37.6. The van der Waals surface area contributed by atoms with Crippen molar-refractivity contribution in [1.82, 2.24) is 0 Å². The molecule has 0 atom stereocenters. The van der Waals surface area contributed by atoms with Gasteiger partial charge in [-0.05, 0) is 17.7 Å². The highest BCUT2D eigenvalue weighted by Gasteiger charge is 2.34. The van der Waals surface area contributed by atoms with E-state index in [1.54, 1.807) is 0 Å². The first-order chi connectivity index (χ1) is 7.41. The highest BCUT2D eigenvalue weighted by atomic mass is 19.4. The van der Waals surface area contributed by atoms with Crippen LogP contribution in [-0.4, -0.2) is 5.11 Å². The second-order valence-electron chi connectivity index (χ2n) is 2.93. The van der Waals surface area contributed by atoms with Crippen LogP contribution in [0.25, 0.3) is 0 Å². The molecule has 0 spiro atoms. The maximum atomic E-state index is 12.5. The molecular formula is C10H5F3N2O. The van der Waals surface area contributed by atoms with Gasteiger partial charge in [-0.3, -0.25) is 0 Å². The van der Waals surface area contributed by atoms with Crippen LogP contribution in [0.15, 0.2) is 12.1 Å². The summed E-state index contributed by atoms with van der Waals surface area (Å²) in [5.74, 6) is -0.555. The van der Waals surface area contributed by atoms with Gasteiger partial charge in [0.2, 0.25) is 0 Å². The van der Waals surface area contributed by atoms with Crippen LogP contribution in [0.3, 0.4) is 0 Å². The van der Waals surface area contributed by atoms with E-state index < -0.39 is 35.0 Å². The normalized spacial score (nSPS) is 10.6. The van der Waals surface area contributed by atoms with Crippen molar-refractivity contribution in [2.24, 2.45) is 0 Å². The fourth-order valence-corrected chi connectivity index (χ4v) is 1.29. The van der Waals surface area contributed by atoms with Crippen LogP contribution in [0.4, 0.5) is 13.2 Å². The summed E-state index contributed by atoms with van der Waals surface area (Å²) in [6.45, 7) is 0. The fraction of sp³-hybridized carbons (Fsp3) is 0.200. The summed E-state index contributed by atoms with van der Waals surface area (Å²) in [5, 5.41) is 26.3. The lowest BCUT2D eigenvalue weighted by atomic mass is 9.98. The van der Waals surface area contributed by atoms with Crippen LogP contribution in [0.2, 0.25) is 0 Å². The first-order valence-electron chi connectivity index (χ1n) is 4.11. The smallest absolute Gasteiger partial charge is 0.416 e. The Morgan fingerprint density at radius 3 is 2.31 bits per heavy atom. The van der Waals surface area contributed by atoms with Crippen molar-refractivity contribution in [3.8, 4) is 17.9 Å². The highest BCUT2D eigenvalue weighted by molar-refractivity contribution is 5.53. The maximum absolute atomic E-state index is 12.5. The van der Waals surface area contributed by atoms with Gasteiger partial charge in [0.1, 0.15) is 11.8 Å². The zero-order chi connectivity index (χ0) is 12.3. The molecule has 0 bridgehead atoms. The Morgan fingerprint density at radius 2 is 1.88 bits per heavy atom. The molecule has 0 unspecified atom stereocenters. The van der Waals surface area contributed by atoms with E-state index in [1.807, 2.05) is 0 Å². The van der Waals surface area contributed by atoms with Crippen molar-refractivity contribution in [3.63, 3.8) is 0 Å². The number of benzene rings is 1. The lowest BCUT2D eigenvalue weighted by Gasteiger charge is -2.12. The molecule has 0 amide bonds. The van der Waals surface area contributed by atoms with Gasteiger partial charge in [-0.1, -0.05) is 0 Å². The number of rotatable bonds is 1. The number of nitrogens with zero attached hydrogens (tertiary/aromatic N) is 2. The second-order valence-corrected chi connectivity index (χ2v) is 2.93. The van der Waals surface area contributed by atoms with Gasteiger partial charge in [-0.2, -0.15) is 23.7 Å². The van der Waals surface area contributed by atoms with Crippen molar-refractivity contribution in [3.05, 3.63) is 28.8 Å². The largest absolute Gasteiger partial charge is 0.507 e. The van der Waals surface area contributed by atoms with E-state index in [-0.39, 0.29) is 0 Å². The van der Waals surface area contributed by atoms with Crippen LogP contribution in [0.1, 0.15) is 16.7 Å². The number of halogens is 3. The van der Waals surface area contributed by atoms with Crippen LogP contribution in [-0.2, 0) is 12.6 Å². The van der Waals surface area contributed by atoms with Gasteiger partial charge in [-0.15, -0.1) is 0 Å². The Labute approximate surface area is 89.0 Å². The van der Waals surface area contributed by atoms with Crippen molar-refractivity contribution in [2.75, 3.05) is 0 Å². The first-order valence-corrected chi connectivity index (χ1v) is 4.11. The average Bonchev–Trinajstić information content (AvgIpc) is 2.16. The molecule has 82 valence electrons. The molecule has 0 aromatic heterocycles. The van der Waals surface area contributed by atoms with Gasteiger partial charge in [0.15, 0.2) is 0 Å². The van der Waals surface area contributed by atoms with Gasteiger partial charge < -0.3 is 5.11 Å². The number of phenolic OH excluding ortho intramolecular Hbond substituents is 1. The van der Waals surface area contributed by atoms with E-state index in [0.717, 1.165) is 6.07 Å². The Morgan fingerprint density at radius 1 is 1.25 bits per heavy atom. The number of alkyl halides is 3. The lowest BCUT2D eigenvalue weighted by molar-refractivity contribution is -0.138. The van der Waals surface area contributed by atoms with E-state index in [9.17, 15) is 18.3 Å². The third kappa shape index (κ3) is 2.06. The van der Waals surface area contributed by atoms with Crippen molar-refractivity contribution < 1.29 is 18.3 Å². The Hall–Kier alpha value is -2.21. The highest BCUT2D eigenvalue weighted by Crippen LogP contribution is 2.36. The zero-order valence-electron chi connectivity index (χ0n) is 7.84. The summed E-state index contributed by atoms with van der Waals surface area (Å²) >= 11 is 0. The van der Waals surface area contributed by atoms with Crippen LogP contribution < -0.4 is 0 Å². The maximum Gasteiger partial charge on any atom is 0.416 e. The van der Waals surface area contributed by atoms with Crippen molar-refractivity contribution in [1.29, 1.82) is 10.5 Å². The fourth-order valence-electron chi connectivity index (χ4n) is 1.29. The molecule has 0 radical (unpaired) electrons. The standard InChI is InChI=1S/C10H5F3N2O/c11-10(12,13)8-1-2-9(16)7(5-15)6(8)3-4-14/h1-2,16H,3H2. The minimum Gasteiger partial charge on any atom is -0.507 e. The SMILES string of the molecule is N#CCc1c(C(F)(F)F)ccc(O)c1C#N. The molecule has 1 aromatic carbocycles. The minimum absolute atomic E-state index is 0.488. The average molecular weight is 226 g/mol. The van der Waals surface area contributed by atoms with Crippen molar-refractivity contribution in [2.45, 2.75) is 12.6 Å². The molecule has 0 aliphatic carbocycles. The molecule has 0 saturated heterocycles. The number of hydrogen-bond acceptors (Lipinski definition) is 3. The molecular weight excluding hydrogens is 221 g/mol. The summed E-state index contributed by atoms with van der Waals surface area (Å²) in [6, 6.07) is 4.45. The van der Waals surface area contributed by atoms with E-state index in [1.165, 1.54) is 12.1 Å². The van der Waals surface area contributed by atoms with Gasteiger partial charge in [0, 0.05) is 0 Å². The van der Waals surface area contributed by atoms with Gasteiger partial charge in [0.25, 0.3) is 0 Å².